The Hall–Kier alpha value is -2.80. The molecule has 1 fully saturated rings. The zero-order valence-electron chi connectivity index (χ0n) is 16.2. The molecule has 7 heteroatoms. The molecule has 150 valence electrons. The van der Waals surface area contributed by atoms with Gasteiger partial charge in [-0.25, -0.2) is 0 Å². The third-order valence-corrected chi connectivity index (χ3v) is 6.13. The second kappa shape index (κ2) is 8.69. The van der Waals surface area contributed by atoms with Crippen molar-refractivity contribution in [1.29, 1.82) is 0 Å². The first kappa shape index (κ1) is 19.5. The maximum Gasteiger partial charge on any atom is 0.231 e. The highest BCUT2D eigenvalue weighted by Gasteiger charge is 2.41. The second-order valence-corrected chi connectivity index (χ2v) is 8.07. The van der Waals surface area contributed by atoms with E-state index >= 15 is 0 Å². The number of hydrogen-bond acceptors (Lipinski definition) is 5. The second-order valence-electron chi connectivity index (χ2n) is 6.99. The Balaban J connectivity index is 1.70. The Labute approximate surface area is 174 Å². The highest BCUT2D eigenvalue weighted by molar-refractivity contribution is 8.14. The summed E-state index contributed by atoms with van der Waals surface area (Å²) in [6, 6.07) is 16.8. The van der Waals surface area contributed by atoms with E-state index in [4.69, 9.17) is 4.74 Å². The van der Waals surface area contributed by atoms with Crippen LogP contribution < -0.4 is 15.0 Å². The lowest BCUT2D eigenvalue weighted by atomic mass is 9.83. The van der Waals surface area contributed by atoms with Gasteiger partial charge in [0.2, 0.25) is 11.8 Å². The van der Waals surface area contributed by atoms with Crippen LogP contribution in [0.15, 0.2) is 59.6 Å². The molecule has 4 rings (SSSR count). The van der Waals surface area contributed by atoms with Gasteiger partial charge in [0.05, 0.1) is 25.6 Å². The maximum absolute atomic E-state index is 13.2. The van der Waals surface area contributed by atoms with Crippen molar-refractivity contribution in [3.63, 3.8) is 0 Å². The smallest absolute Gasteiger partial charge is 0.231 e. The van der Waals surface area contributed by atoms with Crippen molar-refractivity contribution in [2.24, 2.45) is 10.9 Å². The molecule has 0 spiro atoms. The first-order valence-electron chi connectivity index (χ1n) is 9.66. The fourth-order valence-electron chi connectivity index (χ4n) is 3.85. The SMILES string of the molecule is COc1ccc(N2C(=O)CCC(C(=O)NC3=NCCS3)C2c2ccccc2)cc1. The summed E-state index contributed by atoms with van der Waals surface area (Å²) in [5.74, 6) is 1.18. The van der Waals surface area contributed by atoms with Crippen molar-refractivity contribution in [2.75, 3.05) is 24.3 Å². The molecule has 0 aromatic heterocycles. The molecule has 0 radical (unpaired) electrons. The molecular weight excluding hydrogens is 386 g/mol. The number of nitrogens with one attached hydrogen (secondary N) is 1. The fraction of sp³-hybridized carbons (Fsp3) is 0.318. The quantitative estimate of drug-likeness (QED) is 0.840. The molecule has 2 amide bonds. The zero-order chi connectivity index (χ0) is 20.2. The third kappa shape index (κ3) is 4.15. The highest BCUT2D eigenvalue weighted by atomic mass is 32.2. The van der Waals surface area contributed by atoms with Gasteiger partial charge < -0.3 is 15.0 Å². The third-order valence-electron chi connectivity index (χ3n) is 5.24. The van der Waals surface area contributed by atoms with Gasteiger partial charge in [-0.3, -0.25) is 14.6 Å². The van der Waals surface area contributed by atoms with Crippen LogP contribution in [0.5, 0.6) is 5.75 Å². The maximum atomic E-state index is 13.2. The first-order valence-corrected chi connectivity index (χ1v) is 10.6. The molecule has 29 heavy (non-hydrogen) atoms. The summed E-state index contributed by atoms with van der Waals surface area (Å²) in [5.41, 5.74) is 1.70. The van der Waals surface area contributed by atoms with Gasteiger partial charge in [0.15, 0.2) is 5.17 Å². The predicted octanol–water partition coefficient (Wildman–Crippen LogP) is 3.40. The summed E-state index contributed by atoms with van der Waals surface area (Å²) in [6.45, 7) is 0.726. The first-order chi connectivity index (χ1) is 14.2. The van der Waals surface area contributed by atoms with Crippen LogP contribution >= 0.6 is 11.8 Å². The van der Waals surface area contributed by atoms with Crippen LogP contribution in [0, 0.1) is 5.92 Å². The molecule has 2 aromatic rings. The Morgan fingerprint density at radius 3 is 2.59 bits per heavy atom. The molecule has 0 aliphatic carbocycles. The molecule has 0 saturated carbocycles. The monoisotopic (exact) mass is 409 g/mol. The van der Waals surface area contributed by atoms with Gasteiger partial charge in [-0.05, 0) is 36.2 Å². The standard InChI is InChI=1S/C22H23N3O3S/c1-28-17-9-7-16(8-10-17)25-19(26)12-11-18(20(25)15-5-3-2-4-6-15)21(27)24-22-23-13-14-29-22/h2-10,18,20H,11-14H2,1H3,(H,23,24,27). The number of carbonyl (C=O) groups is 2. The number of carbonyl (C=O) groups excluding carboxylic acids is 2. The van der Waals surface area contributed by atoms with E-state index in [0.717, 1.165) is 29.3 Å². The topological polar surface area (TPSA) is 71.0 Å². The lowest BCUT2D eigenvalue weighted by molar-refractivity contribution is -0.128. The van der Waals surface area contributed by atoms with Crippen LogP contribution in [-0.4, -0.2) is 36.4 Å². The normalized spacial score (nSPS) is 21.6. The number of hydrogen-bond donors (Lipinski definition) is 1. The molecule has 1 N–H and O–H groups in total. The lowest BCUT2D eigenvalue weighted by Gasteiger charge is -2.40. The van der Waals surface area contributed by atoms with Crippen LogP contribution in [0.4, 0.5) is 5.69 Å². The molecule has 2 aliphatic heterocycles. The highest BCUT2D eigenvalue weighted by Crippen LogP contribution is 2.40. The summed E-state index contributed by atoms with van der Waals surface area (Å²) >= 11 is 1.56. The van der Waals surface area contributed by atoms with Gasteiger partial charge in [0.1, 0.15) is 5.75 Å². The van der Waals surface area contributed by atoms with Gasteiger partial charge in [-0.1, -0.05) is 42.1 Å². The van der Waals surface area contributed by atoms with Gasteiger partial charge in [-0.2, -0.15) is 0 Å². The van der Waals surface area contributed by atoms with Gasteiger partial charge in [-0.15, -0.1) is 0 Å². The Morgan fingerprint density at radius 2 is 1.93 bits per heavy atom. The number of methoxy groups -OCH3 is 1. The molecular formula is C22H23N3O3S. The number of ether oxygens (including phenoxy) is 1. The molecule has 2 heterocycles. The minimum Gasteiger partial charge on any atom is -0.497 e. The van der Waals surface area contributed by atoms with E-state index in [2.05, 4.69) is 10.3 Å². The summed E-state index contributed by atoms with van der Waals surface area (Å²) in [4.78, 5) is 32.2. The van der Waals surface area contributed by atoms with Gasteiger partial charge >= 0.3 is 0 Å². The molecule has 0 bridgehead atoms. The average Bonchev–Trinajstić information content (AvgIpc) is 3.27. The summed E-state index contributed by atoms with van der Waals surface area (Å²) in [6.07, 6.45) is 0.835. The Morgan fingerprint density at radius 1 is 1.17 bits per heavy atom. The van der Waals surface area contributed by atoms with Gasteiger partial charge in [0, 0.05) is 17.9 Å². The number of amides is 2. The minimum atomic E-state index is -0.377. The van der Waals surface area contributed by atoms with E-state index in [9.17, 15) is 9.59 Å². The zero-order valence-corrected chi connectivity index (χ0v) is 17.0. The van der Waals surface area contributed by atoms with Crippen LogP contribution in [0.1, 0.15) is 24.4 Å². The van der Waals surface area contributed by atoms with Crippen molar-refractivity contribution in [2.45, 2.75) is 18.9 Å². The van der Waals surface area contributed by atoms with E-state index < -0.39 is 0 Å². The average molecular weight is 410 g/mol. The minimum absolute atomic E-state index is 0.0145. The summed E-state index contributed by atoms with van der Waals surface area (Å²) in [7, 11) is 1.61. The van der Waals surface area contributed by atoms with Crippen LogP contribution in [0.3, 0.4) is 0 Å². The number of rotatable bonds is 4. The van der Waals surface area contributed by atoms with E-state index in [1.54, 1.807) is 23.8 Å². The number of benzene rings is 2. The van der Waals surface area contributed by atoms with E-state index in [0.29, 0.717) is 18.0 Å². The largest absolute Gasteiger partial charge is 0.497 e. The summed E-state index contributed by atoms with van der Waals surface area (Å²) in [5, 5.41) is 3.65. The van der Waals surface area contributed by atoms with Crippen molar-refractivity contribution < 1.29 is 14.3 Å². The number of amidine groups is 1. The van der Waals surface area contributed by atoms with Crippen LogP contribution in [-0.2, 0) is 9.59 Å². The number of anilines is 1. The van der Waals surface area contributed by atoms with E-state index in [1.807, 2.05) is 54.6 Å². The number of aliphatic imine (C=N–C) groups is 1. The Kier molecular flexibility index (Phi) is 5.85. The number of piperidine rings is 1. The predicted molar refractivity (Wildman–Crippen MR) is 115 cm³/mol. The van der Waals surface area contributed by atoms with Gasteiger partial charge in [0.25, 0.3) is 0 Å². The van der Waals surface area contributed by atoms with Crippen LogP contribution in [0.25, 0.3) is 0 Å². The van der Waals surface area contributed by atoms with E-state index in [1.165, 1.54) is 0 Å². The van der Waals surface area contributed by atoms with E-state index in [-0.39, 0.29) is 23.8 Å². The molecule has 2 atom stereocenters. The van der Waals surface area contributed by atoms with Crippen LogP contribution in [0.2, 0.25) is 0 Å². The fourth-order valence-corrected chi connectivity index (χ4v) is 4.59. The lowest BCUT2D eigenvalue weighted by Crippen LogP contribution is -2.49. The summed E-state index contributed by atoms with van der Waals surface area (Å²) < 4.78 is 5.25. The molecule has 1 saturated heterocycles. The van der Waals surface area contributed by atoms with Crippen molar-refractivity contribution in [3.05, 3.63) is 60.2 Å². The van der Waals surface area contributed by atoms with Crippen molar-refractivity contribution in [3.8, 4) is 5.75 Å². The van der Waals surface area contributed by atoms with Crippen molar-refractivity contribution in [1.82, 2.24) is 5.32 Å². The molecule has 2 unspecified atom stereocenters. The Bertz CT molecular complexity index is 915. The molecule has 2 aromatic carbocycles. The molecule has 2 aliphatic rings. The number of nitrogens with zero attached hydrogens (tertiary/aromatic N) is 2. The number of thioether (sulfide) groups is 1. The van der Waals surface area contributed by atoms with Crippen molar-refractivity contribution >= 4 is 34.4 Å². The molecule has 6 nitrogen and oxygen atoms in total.